The number of thiazole rings is 1. The molecule has 0 amide bonds. The Kier molecular flexibility index (Phi) is 3.71. The van der Waals surface area contributed by atoms with E-state index in [9.17, 15) is 0 Å². The van der Waals surface area contributed by atoms with Crippen LogP contribution < -0.4 is 10.6 Å². The molecule has 0 aliphatic carbocycles. The Morgan fingerprint density at radius 1 is 1.45 bits per heavy atom. The van der Waals surface area contributed by atoms with E-state index in [-0.39, 0.29) is 6.04 Å². The summed E-state index contributed by atoms with van der Waals surface area (Å²) in [5, 5.41) is 8.38. The average Bonchev–Trinajstić information content (AvgIpc) is 3.07. The fourth-order valence-electron chi connectivity index (χ4n) is 2.60. The maximum absolute atomic E-state index is 5.97. The number of nitrogens with two attached hydrogens (primary N) is 1. The van der Waals surface area contributed by atoms with Crippen LogP contribution in [0.25, 0.3) is 10.7 Å². The van der Waals surface area contributed by atoms with Crippen LogP contribution in [-0.4, -0.2) is 39.3 Å². The fraction of sp³-hybridized carbons (Fsp3) is 0.615. The van der Waals surface area contributed by atoms with Crippen molar-refractivity contribution in [3.63, 3.8) is 0 Å². The number of nitrogens with one attached hydrogen (secondary N) is 1. The quantitative estimate of drug-likeness (QED) is 0.901. The molecule has 108 valence electrons. The SMILES string of the molecule is Cc1ncc(-c2nc(N3CCC(C(C)N)CC3)n[nH]2)s1. The monoisotopic (exact) mass is 292 g/mol. The molecular weight excluding hydrogens is 272 g/mol. The summed E-state index contributed by atoms with van der Waals surface area (Å²) >= 11 is 1.63. The lowest BCUT2D eigenvalue weighted by molar-refractivity contribution is 0.352. The van der Waals surface area contributed by atoms with E-state index < -0.39 is 0 Å². The number of hydrogen-bond donors (Lipinski definition) is 2. The Bertz CT molecular complexity index is 567. The lowest BCUT2D eigenvalue weighted by Crippen LogP contribution is -2.40. The van der Waals surface area contributed by atoms with Crippen LogP contribution in [0.15, 0.2) is 6.20 Å². The molecule has 1 unspecified atom stereocenters. The lowest BCUT2D eigenvalue weighted by atomic mass is 9.91. The normalized spacial score (nSPS) is 18.4. The third-order valence-electron chi connectivity index (χ3n) is 3.89. The van der Waals surface area contributed by atoms with Gasteiger partial charge in [0.05, 0.1) is 9.88 Å². The highest BCUT2D eigenvalue weighted by molar-refractivity contribution is 7.14. The minimum atomic E-state index is 0.278. The molecular formula is C13H20N6S. The van der Waals surface area contributed by atoms with Gasteiger partial charge in [-0.05, 0) is 32.6 Å². The van der Waals surface area contributed by atoms with Crippen molar-refractivity contribution in [3.05, 3.63) is 11.2 Å². The van der Waals surface area contributed by atoms with Crippen LogP contribution in [0.4, 0.5) is 5.95 Å². The van der Waals surface area contributed by atoms with Crippen molar-refractivity contribution in [2.45, 2.75) is 32.7 Å². The molecule has 1 aliphatic rings. The van der Waals surface area contributed by atoms with E-state index in [1.165, 1.54) is 0 Å². The highest BCUT2D eigenvalue weighted by Gasteiger charge is 2.24. The van der Waals surface area contributed by atoms with Gasteiger partial charge in [0.25, 0.3) is 0 Å². The van der Waals surface area contributed by atoms with Crippen LogP contribution in [0, 0.1) is 12.8 Å². The number of hydrogen-bond acceptors (Lipinski definition) is 6. The molecule has 3 heterocycles. The number of rotatable bonds is 3. The first-order valence-electron chi connectivity index (χ1n) is 6.99. The van der Waals surface area contributed by atoms with Gasteiger partial charge in [-0.15, -0.1) is 16.4 Å². The molecule has 0 spiro atoms. The number of aryl methyl sites for hydroxylation is 1. The second kappa shape index (κ2) is 5.49. The van der Waals surface area contributed by atoms with Gasteiger partial charge in [0.15, 0.2) is 5.82 Å². The van der Waals surface area contributed by atoms with Crippen molar-refractivity contribution in [1.82, 2.24) is 20.2 Å². The van der Waals surface area contributed by atoms with Gasteiger partial charge in [-0.3, -0.25) is 5.10 Å². The van der Waals surface area contributed by atoms with E-state index in [0.717, 1.165) is 47.6 Å². The van der Waals surface area contributed by atoms with Crippen LogP contribution in [0.3, 0.4) is 0 Å². The van der Waals surface area contributed by atoms with Crippen molar-refractivity contribution >= 4 is 17.3 Å². The third-order valence-corrected chi connectivity index (χ3v) is 4.81. The van der Waals surface area contributed by atoms with Gasteiger partial charge >= 0.3 is 0 Å². The Hall–Kier alpha value is -1.47. The zero-order valence-corrected chi connectivity index (χ0v) is 12.7. The zero-order chi connectivity index (χ0) is 14.1. The molecule has 2 aromatic heterocycles. The van der Waals surface area contributed by atoms with Gasteiger partial charge in [-0.1, -0.05) is 0 Å². The predicted molar refractivity (Wildman–Crippen MR) is 80.8 cm³/mol. The molecule has 1 atom stereocenters. The summed E-state index contributed by atoms with van der Waals surface area (Å²) in [5.41, 5.74) is 5.97. The Morgan fingerprint density at radius 3 is 2.80 bits per heavy atom. The van der Waals surface area contributed by atoms with Crippen molar-refractivity contribution in [1.29, 1.82) is 0 Å². The van der Waals surface area contributed by atoms with Gasteiger partial charge in [0.2, 0.25) is 5.95 Å². The summed E-state index contributed by atoms with van der Waals surface area (Å²) in [4.78, 5) is 12.1. The van der Waals surface area contributed by atoms with Crippen LogP contribution in [0.2, 0.25) is 0 Å². The van der Waals surface area contributed by atoms with E-state index in [1.807, 2.05) is 13.1 Å². The maximum atomic E-state index is 5.97. The summed E-state index contributed by atoms with van der Waals surface area (Å²) in [6.07, 6.45) is 4.06. The van der Waals surface area contributed by atoms with Crippen molar-refractivity contribution in [2.24, 2.45) is 11.7 Å². The molecule has 6 nitrogen and oxygen atoms in total. The number of H-pyrrole nitrogens is 1. The minimum Gasteiger partial charge on any atom is -0.340 e. The summed E-state index contributed by atoms with van der Waals surface area (Å²) in [6, 6.07) is 0.278. The Balaban J connectivity index is 1.69. The Morgan fingerprint density at radius 2 is 2.20 bits per heavy atom. The zero-order valence-electron chi connectivity index (χ0n) is 11.8. The topological polar surface area (TPSA) is 83.7 Å². The minimum absolute atomic E-state index is 0.278. The number of anilines is 1. The summed E-state index contributed by atoms with van der Waals surface area (Å²) in [5.74, 6) is 2.21. The van der Waals surface area contributed by atoms with Gasteiger partial charge in [0.1, 0.15) is 0 Å². The van der Waals surface area contributed by atoms with Crippen LogP contribution >= 0.6 is 11.3 Å². The van der Waals surface area contributed by atoms with Gasteiger partial charge in [-0.25, -0.2) is 4.98 Å². The number of aromatic nitrogens is 4. The van der Waals surface area contributed by atoms with Crippen molar-refractivity contribution in [3.8, 4) is 10.7 Å². The fourth-order valence-corrected chi connectivity index (χ4v) is 3.32. The van der Waals surface area contributed by atoms with Crippen molar-refractivity contribution < 1.29 is 0 Å². The van der Waals surface area contributed by atoms with E-state index in [0.29, 0.717) is 5.92 Å². The molecule has 0 aromatic carbocycles. The predicted octanol–water partition coefficient (Wildman–Crippen LogP) is 1.80. The lowest BCUT2D eigenvalue weighted by Gasteiger charge is -2.32. The van der Waals surface area contributed by atoms with Crippen LogP contribution in [0.5, 0.6) is 0 Å². The maximum Gasteiger partial charge on any atom is 0.245 e. The van der Waals surface area contributed by atoms with Crippen LogP contribution in [-0.2, 0) is 0 Å². The Labute approximate surface area is 122 Å². The summed E-state index contributed by atoms with van der Waals surface area (Å²) < 4.78 is 0. The molecule has 20 heavy (non-hydrogen) atoms. The molecule has 0 radical (unpaired) electrons. The number of piperidine rings is 1. The van der Waals surface area contributed by atoms with E-state index in [4.69, 9.17) is 5.73 Å². The molecule has 2 aromatic rings. The van der Waals surface area contributed by atoms with Crippen LogP contribution in [0.1, 0.15) is 24.8 Å². The van der Waals surface area contributed by atoms with E-state index in [1.54, 1.807) is 11.3 Å². The van der Waals surface area contributed by atoms with Gasteiger partial charge in [0, 0.05) is 25.3 Å². The molecule has 1 fully saturated rings. The highest BCUT2D eigenvalue weighted by atomic mass is 32.1. The smallest absolute Gasteiger partial charge is 0.245 e. The van der Waals surface area contributed by atoms with Gasteiger partial charge in [-0.2, -0.15) is 4.98 Å². The van der Waals surface area contributed by atoms with Gasteiger partial charge < -0.3 is 10.6 Å². The summed E-state index contributed by atoms with van der Waals surface area (Å²) in [6.45, 7) is 6.04. The molecule has 0 saturated carbocycles. The second-order valence-electron chi connectivity index (χ2n) is 5.41. The molecule has 7 heteroatoms. The molecule has 0 bridgehead atoms. The van der Waals surface area contributed by atoms with E-state index in [2.05, 4.69) is 32.0 Å². The largest absolute Gasteiger partial charge is 0.340 e. The first kappa shape index (κ1) is 13.5. The first-order valence-corrected chi connectivity index (χ1v) is 7.81. The van der Waals surface area contributed by atoms with Crippen molar-refractivity contribution in [2.75, 3.05) is 18.0 Å². The second-order valence-corrected chi connectivity index (χ2v) is 6.65. The molecule has 1 aliphatic heterocycles. The highest BCUT2D eigenvalue weighted by Crippen LogP contribution is 2.26. The molecule has 1 saturated heterocycles. The average molecular weight is 292 g/mol. The summed E-state index contributed by atoms with van der Waals surface area (Å²) in [7, 11) is 0. The molecule has 3 rings (SSSR count). The number of aromatic amines is 1. The standard InChI is InChI=1S/C13H20N6S/c1-8(14)10-3-5-19(6-4-10)13-16-12(17-18-13)11-7-15-9(2)20-11/h7-8,10H,3-6,14H2,1-2H3,(H,16,17,18). The van der Waals surface area contributed by atoms with E-state index >= 15 is 0 Å². The number of nitrogens with zero attached hydrogens (tertiary/aromatic N) is 4. The first-order chi connectivity index (χ1) is 9.63. The molecule has 3 N–H and O–H groups in total. The third kappa shape index (κ3) is 2.69.